The average molecular weight is 600 g/mol. The summed E-state index contributed by atoms with van der Waals surface area (Å²) in [5.41, 5.74) is 2.81. The number of aryl methyl sites for hydroxylation is 1. The van der Waals surface area contributed by atoms with Gasteiger partial charge in [-0.1, -0.05) is 53.0 Å². The Morgan fingerprint density at radius 1 is 0.950 bits per heavy atom. The summed E-state index contributed by atoms with van der Waals surface area (Å²) in [7, 11) is 0. The molecule has 0 aliphatic carbocycles. The number of nitrogens with zero attached hydrogens (tertiary/aromatic N) is 1. The lowest BCUT2D eigenvalue weighted by atomic mass is 10.0. The van der Waals surface area contributed by atoms with Gasteiger partial charge in [0.15, 0.2) is 11.5 Å². The zero-order valence-electron chi connectivity index (χ0n) is 21.7. The second-order valence-electron chi connectivity index (χ2n) is 8.86. The van der Waals surface area contributed by atoms with E-state index in [0.717, 1.165) is 21.6 Å². The third kappa shape index (κ3) is 6.33. The smallest absolute Gasteiger partial charge is 0.335 e. The van der Waals surface area contributed by atoms with Crippen molar-refractivity contribution in [1.29, 1.82) is 0 Å². The van der Waals surface area contributed by atoms with E-state index >= 15 is 0 Å². The van der Waals surface area contributed by atoms with Crippen LogP contribution in [0, 0.1) is 6.92 Å². The Balaban J connectivity index is 1.72. The Labute approximate surface area is 246 Å². The van der Waals surface area contributed by atoms with E-state index in [1.165, 1.54) is 12.1 Å². The number of amides is 4. The Kier molecular flexibility index (Phi) is 9.20. The highest BCUT2D eigenvalue weighted by molar-refractivity contribution is 6.42. The molecule has 10 heteroatoms. The van der Waals surface area contributed by atoms with Crippen LogP contribution in [0.4, 0.5) is 10.5 Å². The van der Waals surface area contributed by atoms with Crippen molar-refractivity contribution in [1.82, 2.24) is 5.32 Å². The van der Waals surface area contributed by atoms with Crippen molar-refractivity contribution in [3.63, 3.8) is 0 Å². The van der Waals surface area contributed by atoms with Crippen LogP contribution >= 0.6 is 34.8 Å². The second kappa shape index (κ2) is 12.6. The number of carbonyl (C=O) groups excluding carboxylic acids is 3. The highest BCUT2D eigenvalue weighted by Crippen LogP contribution is 2.36. The average Bonchev–Trinajstić information content (AvgIpc) is 2.90. The molecule has 1 N–H and O–H groups in total. The maximum Gasteiger partial charge on any atom is 0.335 e. The van der Waals surface area contributed by atoms with Gasteiger partial charge in [-0.05, 0) is 79.4 Å². The van der Waals surface area contributed by atoms with Crippen LogP contribution in [0.25, 0.3) is 6.08 Å². The van der Waals surface area contributed by atoms with Gasteiger partial charge in [-0.25, -0.2) is 9.69 Å². The highest BCUT2D eigenvalue weighted by Gasteiger charge is 2.37. The molecular weight excluding hydrogens is 575 g/mol. The first-order valence-corrected chi connectivity index (χ1v) is 13.4. The van der Waals surface area contributed by atoms with Crippen molar-refractivity contribution in [3.05, 3.63) is 104 Å². The van der Waals surface area contributed by atoms with Crippen LogP contribution in [0.15, 0.2) is 66.8 Å². The van der Waals surface area contributed by atoms with Gasteiger partial charge in [-0.3, -0.25) is 14.9 Å². The van der Waals surface area contributed by atoms with Gasteiger partial charge in [-0.2, -0.15) is 0 Å². The molecule has 1 heterocycles. The number of benzene rings is 3. The fraction of sp³-hybridized carbons (Fsp3) is 0.167. The number of hydrogen-bond donors (Lipinski definition) is 1. The summed E-state index contributed by atoms with van der Waals surface area (Å²) >= 11 is 18.4. The lowest BCUT2D eigenvalue weighted by Crippen LogP contribution is -2.54. The molecule has 1 fully saturated rings. The van der Waals surface area contributed by atoms with E-state index in [2.05, 4.69) is 11.9 Å². The number of anilines is 1. The predicted octanol–water partition coefficient (Wildman–Crippen LogP) is 7.33. The molecule has 4 rings (SSSR count). The summed E-state index contributed by atoms with van der Waals surface area (Å²) in [4.78, 5) is 39.6. The Hall–Kier alpha value is -3.78. The van der Waals surface area contributed by atoms with Crippen LogP contribution in [0.2, 0.25) is 15.1 Å². The SMILES string of the molecule is C=CCc1cc(/C=C2/C(=O)NC(=O)N(c3ccc(C)c(Cl)c3)C2=O)cc(OCC)c1OCc1ccc(Cl)c(Cl)c1. The Morgan fingerprint density at radius 3 is 2.40 bits per heavy atom. The third-order valence-electron chi connectivity index (χ3n) is 6.01. The van der Waals surface area contributed by atoms with Crippen LogP contribution in [-0.4, -0.2) is 24.5 Å². The molecule has 40 heavy (non-hydrogen) atoms. The van der Waals surface area contributed by atoms with Gasteiger partial charge in [0.1, 0.15) is 12.2 Å². The van der Waals surface area contributed by atoms with Gasteiger partial charge in [0.2, 0.25) is 0 Å². The van der Waals surface area contributed by atoms with Gasteiger partial charge >= 0.3 is 6.03 Å². The van der Waals surface area contributed by atoms with E-state index in [-0.39, 0.29) is 17.9 Å². The fourth-order valence-electron chi connectivity index (χ4n) is 4.06. The molecule has 1 aliphatic heterocycles. The molecule has 7 nitrogen and oxygen atoms in total. The number of carbonyl (C=O) groups is 3. The van der Waals surface area contributed by atoms with E-state index in [9.17, 15) is 14.4 Å². The van der Waals surface area contributed by atoms with E-state index in [1.807, 2.05) is 13.0 Å². The van der Waals surface area contributed by atoms with Crippen molar-refractivity contribution in [2.45, 2.75) is 26.9 Å². The van der Waals surface area contributed by atoms with Crippen molar-refractivity contribution >= 4 is 64.4 Å². The quantitative estimate of drug-likeness (QED) is 0.158. The van der Waals surface area contributed by atoms with E-state index < -0.39 is 17.8 Å². The van der Waals surface area contributed by atoms with E-state index in [0.29, 0.717) is 45.2 Å². The van der Waals surface area contributed by atoms with Crippen LogP contribution in [0.5, 0.6) is 11.5 Å². The monoisotopic (exact) mass is 598 g/mol. The summed E-state index contributed by atoms with van der Waals surface area (Å²) in [6.45, 7) is 7.99. The molecule has 206 valence electrons. The van der Waals surface area contributed by atoms with Crippen molar-refractivity contribution < 1.29 is 23.9 Å². The largest absolute Gasteiger partial charge is 0.490 e. The summed E-state index contributed by atoms with van der Waals surface area (Å²) < 4.78 is 12.0. The molecule has 0 radical (unpaired) electrons. The van der Waals surface area contributed by atoms with E-state index in [4.69, 9.17) is 44.3 Å². The zero-order valence-corrected chi connectivity index (χ0v) is 24.0. The van der Waals surface area contributed by atoms with E-state index in [1.54, 1.807) is 49.4 Å². The first-order valence-electron chi connectivity index (χ1n) is 12.3. The standard InChI is InChI=1S/C30H25Cl3N2O5/c1-4-6-20-11-19(14-26(39-5-2)27(20)40-16-18-8-10-23(31)25(33)13-18)12-22-28(36)34-30(38)35(29(22)37)21-9-7-17(3)24(32)15-21/h4,7-15H,1,5-6,16H2,2-3H3,(H,34,36,38)/b22-12-. The normalized spacial score (nSPS) is 14.4. The summed E-state index contributed by atoms with van der Waals surface area (Å²) in [6, 6.07) is 12.6. The molecule has 1 saturated heterocycles. The molecule has 0 unspecified atom stereocenters. The van der Waals surface area contributed by atoms with Crippen LogP contribution < -0.4 is 19.7 Å². The molecule has 3 aromatic rings. The summed E-state index contributed by atoms with van der Waals surface area (Å²) in [5, 5.41) is 3.46. The molecule has 0 atom stereocenters. The van der Waals surface area contributed by atoms with Crippen molar-refractivity contribution in [2.24, 2.45) is 0 Å². The minimum atomic E-state index is -0.861. The molecule has 0 bridgehead atoms. The van der Waals surface area contributed by atoms with Crippen LogP contribution in [0.1, 0.15) is 29.2 Å². The number of ether oxygens (including phenoxy) is 2. The van der Waals surface area contributed by atoms with Gasteiger partial charge in [-0.15, -0.1) is 6.58 Å². The summed E-state index contributed by atoms with van der Waals surface area (Å²) in [6.07, 6.45) is 3.53. The number of hydrogen-bond acceptors (Lipinski definition) is 5. The van der Waals surface area contributed by atoms with Crippen molar-refractivity contribution in [2.75, 3.05) is 11.5 Å². The lowest BCUT2D eigenvalue weighted by Gasteiger charge is -2.26. The fourth-order valence-corrected chi connectivity index (χ4v) is 4.56. The number of barbiturate groups is 1. The minimum Gasteiger partial charge on any atom is -0.490 e. The zero-order chi connectivity index (χ0) is 29.0. The maximum atomic E-state index is 13.4. The van der Waals surface area contributed by atoms with Gasteiger partial charge in [0.25, 0.3) is 11.8 Å². The van der Waals surface area contributed by atoms with Crippen LogP contribution in [0.3, 0.4) is 0 Å². The molecule has 1 aliphatic rings. The maximum absolute atomic E-state index is 13.4. The number of rotatable bonds is 9. The third-order valence-corrected chi connectivity index (χ3v) is 7.16. The first kappa shape index (κ1) is 29.2. The molecular formula is C30H25Cl3N2O5. The Bertz CT molecular complexity index is 1550. The number of urea groups is 1. The van der Waals surface area contributed by atoms with Crippen molar-refractivity contribution in [3.8, 4) is 11.5 Å². The van der Waals surface area contributed by atoms with Crippen LogP contribution in [-0.2, 0) is 22.6 Å². The highest BCUT2D eigenvalue weighted by atomic mass is 35.5. The molecule has 0 saturated carbocycles. The lowest BCUT2D eigenvalue weighted by molar-refractivity contribution is -0.122. The van der Waals surface area contributed by atoms with Gasteiger partial charge in [0.05, 0.1) is 22.3 Å². The number of halogens is 3. The molecule has 3 aromatic carbocycles. The topological polar surface area (TPSA) is 84.9 Å². The second-order valence-corrected chi connectivity index (χ2v) is 10.1. The van der Waals surface area contributed by atoms with Gasteiger partial charge < -0.3 is 9.47 Å². The molecule has 0 spiro atoms. The number of imide groups is 2. The Morgan fingerprint density at radius 2 is 1.73 bits per heavy atom. The predicted molar refractivity (Wildman–Crippen MR) is 157 cm³/mol. The first-order chi connectivity index (χ1) is 19.1. The minimum absolute atomic E-state index is 0.193. The van der Waals surface area contributed by atoms with Gasteiger partial charge in [0, 0.05) is 10.6 Å². The summed E-state index contributed by atoms with van der Waals surface area (Å²) in [5.74, 6) is -0.694. The molecule has 4 amide bonds. The number of nitrogens with one attached hydrogen (secondary N) is 1. The number of allylic oxidation sites excluding steroid dienone is 1. The molecule has 0 aromatic heterocycles.